The van der Waals surface area contributed by atoms with Crippen LogP contribution in [0, 0.1) is 5.41 Å². The number of rotatable bonds is 5. The Labute approximate surface area is 96.4 Å². The molecule has 5 heteroatoms. The topological polar surface area (TPSA) is 66.8 Å². The quantitative estimate of drug-likeness (QED) is 0.766. The summed E-state index contributed by atoms with van der Waals surface area (Å²) in [5, 5.41) is 8.35. The Balaban J connectivity index is 4.14. The molecule has 94 valence electrons. The summed E-state index contributed by atoms with van der Waals surface area (Å²) in [7, 11) is 1.70. The third kappa shape index (κ3) is 5.11. The normalized spacial score (nSPS) is 13.3. The average molecular weight is 231 g/mol. The molecule has 1 amide bonds. The molecule has 16 heavy (non-hydrogen) atoms. The van der Waals surface area contributed by atoms with Gasteiger partial charge in [0.1, 0.15) is 13.2 Å². The second-order valence-corrected chi connectivity index (χ2v) is 4.93. The van der Waals surface area contributed by atoms with E-state index in [1.54, 1.807) is 11.9 Å². The van der Waals surface area contributed by atoms with Crippen molar-refractivity contribution in [2.24, 2.45) is 5.41 Å². The molecule has 0 heterocycles. The molecule has 1 N–H and O–H groups in total. The summed E-state index contributed by atoms with van der Waals surface area (Å²) in [6.07, 6.45) is 0. The molecular formula is C11H21NO4. The van der Waals surface area contributed by atoms with Crippen LogP contribution in [-0.4, -0.2) is 48.2 Å². The van der Waals surface area contributed by atoms with Crippen LogP contribution >= 0.6 is 0 Å². The van der Waals surface area contributed by atoms with E-state index < -0.39 is 12.6 Å². The van der Waals surface area contributed by atoms with Crippen molar-refractivity contribution in [3.63, 3.8) is 0 Å². The van der Waals surface area contributed by atoms with Gasteiger partial charge in [0.25, 0.3) is 0 Å². The fourth-order valence-corrected chi connectivity index (χ4v) is 1.12. The van der Waals surface area contributed by atoms with Crippen LogP contribution < -0.4 is 0 Å². The maximum absolute atomic E-state index is 11.6. The zero-order chi connectivity index (χ0) is 12.9. The first-order chi connectivity index (χ1) is 7.16. The number of carboxylic acids is 1. The van der Waals surface area contributed by atoms with Crippen LogP contribution in [0.25, 0.3) is 0 Å². The predicted molar refractivity (Wildman–Crippen MR) is 60.1 cm³/mol. The van der Waals surface area contributed by atoms with Gasteiger partial charge in [-0.05, 0) is 12.3 Å². The zero-order valence-electron chi connectivity index (χ0n) is 10.6. The molecule has 0 saturated carbocycles. The second-order valence-electron chi connectivity index (χ2n) is 4.93. The third-order valence-electron chi connectivity index (χ3n) is 2.68. The third-order valence-corrected chi connectivity index (χ3v) is 2.68. The summed E-state index contributed by atoms with van der Waals surface area (Å²) < 4.78 is 4.75. The first kappa shape index (κ1) is 14.9. The Morgan fingerprint density at radius 1 is 1.31 bits per heavy atom. The van der Waals surface area contributed by atoms with E-state index in [1.807, 2.05) is 27.7 Å². The highest BCUT2D eigenvalue weighted by atomic mass is 16.5. The molecule has 0 fully saturated rings. The number of likely N-dealkylation sites (N-methyl/N-ethyl adjacent to an activating group) is 1. The van der Waals surface area contributed by atoms with Gasteiger partial charge in [-0.1, -0.05) is 20.8 Å². The molecule has 1 unspecified atom stereocenters. The summed E-state index contributed by atoms with van der Waals surface area (Å²) >= 11 is 0. The molecule has 0 saturated heterocycles. The summed E-state index contributed by atoms with van der Waals surface area (Å²) in [6.45, 7) is 7.44. The number of nitrogens with zero attached hydrogens (tertiary/aromatic N) is 1. The SMILES string of the molecule is CC(N(C)C(=O)COCC(=O)O)C(C)(C)C. The Kier molecular flexibility index (Phi) is 5.44. The number of carboxylic acid groups (broad SMARTS) is 1. The van der Waals surface area contributed by atoms with E-state index in [4.69, 9.17) is 9.84 Å². The number of amides is 1. The highest BCUT2D eigenvalue weighted by molar-refractivity contribution is 5.78. The van der Waals surface area contributed by atoms with E-state index in [9.17, 15) is 9.59 Å². The summed E-state index contributed by atoms with van der Waals surface area (Å²) in [5.41, 5.74) is -0.0167. The van der Waals surface area contributed by atoms with Crippen LogP contribution in [0.1, 0.15) is 27.7 Å². The molecular weight excluding hydrogens is 210 g/mol. The number of carbonyl (C=O) groups excluding carboxylic acids is 1. The van der Waals surface area contributed by atoms with Gasteiger partial charge in [0.15, 0.2) is 0 Å². The predicted octanol–water partition coefficient (Wildman–Crippen LogP) is 0.981. The highest BCUT2D eigenvalue weighted by Crippen LogP contribution is 2.22. The highest BCUT2D eigenvalue weighted by Gasteiger charge is 2.26. The summed E-state index contributed by atoms with van der Waals surface area (Å²) in [5.74, 6) is -1.28. The van der Waals surface area contributed by atoms with Crippen molar-refractivity contribution in [2.45, 2.75) is 33.7 Å². The van der Waals surface area contributed by atoms with E-state index in [1.165, 1.54) is 0 Å². The molecule has 0 rings (SSSR count). The van der Waals surface area contributed by atoms with E-state index in [-0.39, 0.29) is 24.0 Å². The van der Waals surface area contributed by atoms with Gasteiger partial charge in [-0.3, -0.25) is 4.79 Å². The average Bonchev–Trinajstić information content (AvgIpc) is 2.13. The number of hydrogen-bond acceptors (Lipinski definition) is 3. The van der Waals surface area contributed by atoms with Crippen molar-refractivity contribution >= 4 is 11.9 Å². The van der Waals surface area contributed by atoms with Gasteiger partial charge in [-0.2, -0.15) is 0 Å². The number of ether oxygens (including phenoxy) is 1. The van der Waals surface area contributed by atoms with Gasteiger partial charge < -0.3 is 14.7 Å². The Morgan fingerprint density at radius 3 is 2.19 bits per heavy atom. The van der Waals surface area contributed by atoms with Gasteiger partial charge in [0, 0.05) is 13.1 Å². The minimum absolute atomic E-state index is 0.0167. The van der Waals surface area contributed by atoms with Crippen LogP contribution in [0.15, 0.2) is 0 Å². The van der Waals surface area contributed by atoms with Crippen LogP contribution in [0.5, 0.6) is 0 Å². The zero-order valence-corrected chi connectivity index (χ0v) is 10.6. The molecule has 1 atom stereocenters. The van der Waals surface area contributed by atoms with Crippen LogP contribution in [0.2, 0.25) is 0 Å². The van der Waals surface area contributed by atoms with Crippen molar-refractivity contribution in [3.05, 3.63) is 0 Å². The van der Waals surface area contributed by atoms with E-state index in [0.717, 1.165) is 0 Å². The first-order valence-corrected chi connectivity index (χ1v) is 5.21. The lowest BCUT2D eigenvalue weighted by Gasteiger charge is -2.35. The summed E-state index contributed by atoms with van der Waals surface area (Å²) in [6, 6.07) is 0.0634. The monoisotopic (exact) mass is 231 g/mol. The van der Waals surface area contributed by atoms with Gasteiger partial charge in [0.2, 0.25) is 5.91 Å². The molecule has 0 aromatic rings. The van der Waals surface area contributed by atoms with Crippen molar-refractivity contribution in [2.75, 3.05) is 20.3 Å². The van der Waals surface area contributed by atoms with E-state index >= 15 is 0 Å². The molecule has 0 bridgehead atoms. The van der Waals surface area contributed by atoms with Crippen molar-refractivity contribution in [1.82, 2.24) is 4.90 Å². The molecule has 5 nitrogen and oxygen atoms in total. The lowest BCUT2D eigenvalue weighted by atomic mass is 9.87. The largest absolute Gasteiger partial charge is 0.480 e. The standard InChI is InChI=1S/C11H21NO4/c1-8(11(2,3)4)12(5)9(13)6-16-7-10(14)15/h8H,6-7H2,1-5H3,(H,14,15). The van der Waals surface area contributed by atoms with Crippen LogP contribution in [-0.2, 0) is 14.3 Å². The van der Waals surface area contributed by atoms with Crippen molar-refractivity contribution in [3.8, 4) is 0 Å². The van der Waals surface area contributed by atoms with Gasteiger partial charge in [-0.25, -0.2) is 4.79 Å². The van der Waals surface area contributed by atoms with Crippen molar-refractivity contribution < 1.29 is 19.4 Å². The van der Waals surface area contributed by atoms with Crippen LogP contribution in [0.3, 0.4) is 0 Å². The number of hydrogen-bond donors (Lipinski definition) is 1. The fraction of sp³-hybridized carbons (Fsp3) is 0.818. The number of aliphatic carboxylic acids is 1. The maximum atomic E-state index is 11.6. The van der Waals surface area contributed by atoms with E-state index in [2.05, 4.69) is 0 Å². The minimum Gasteiger partial charge on any atom is -0.480 e. The molecule has 0 spiro atoms. The van der Waals surface area contributed by atoms with E-state index in [0.29, 0.717) is 0 Å². The lowest BCUT2D eigenvalue weighted by Crippen LogP contribution is -2.44. The first-order valence-electron chi connectivity index (χ1n) is 5.21. The van der Waals surface area contributed by atoms with Crippen LogP contribution in [0.4, 0.5) is 0 Å². The number of carbonyl (C=O) groups is 2. The lowest BCUT2D eigenvalue weighted by molar-refractivity contribution is -0.146. The summed E-state index contributed by atoms with van der Waals surface area (Å²) in [4.78, 5) is 23.4. The second kappa shape index (κ2) is 5.84. The minimum atomic E-state index is -1.07. The molecule has 0 aromatic carbocycles. The molecule has 0 aliphatic heterocycles. The van der Waals surface area contributed by atoms with Gasteiger partial charge in [-0.15, -0.1) is 0 Å². The molecule has 0 radical (unpaired) electrons. The maximum Gasteiger partial charge on any atom is 0.329 e. The molecule has 0 aliphatic rings. The Bertz CT molecular complexity index is 257. The van der Waals surface area contributed by atoms with Crippen molar-refractivity contribution in [1.29, 1.82) is 0 Å². The molecule has 0 aromatic heterocycles. The van der Waals surface area contributed by atoms with Gasteiger partial charge >= 0.3 is 5.97 Å². The fourth-order valence-electron chi connectivity index (χ4n) is 1.12. The van der Waals surface area contributed by atoms with Gasteiger partial charge in [0.05, 0.1) is 0 Å². The Morgan fingerprint density at radius 2 is 1.81 bits per heavy atom. The Hall–Kier alpha value is -1.10. The molecule has 0 aliphatic carbocycles. The smallest absolute Gasteiger partial charge is 0.329 e.